The van der Waals surface area contributed by atoms with Crippen LogP contribution in [0.25, 0.3) is 6.08 Å². The first-order chi connectivity index (χ1) is 16.2. The molecular formula is C30H33NO3. The molecule has 1 aliphatic rings. The van der Waals surface area contributed by atoms with Gasteiger partial charge in [-0.05, 0) is 68.2 Å². The van der Waals surface area contributed by atoms with E-state index in [1.165, 1.54) is 16.7 Å². The van der Waals surface area contributed by atoms with Crippen LogP contribution in [-0.4, -0.2) is 25.7 Å². The number of hydrogen-bond acceptors (Lipinski definition) is 3. The fraction of sp³-hybridized carbons (Fsp3) is 0.300. The highest BCUT2D eigenvalue weighted by Crippen LogP contribution is 2.50. The van der Waals surface area contributed by atoms with E-state index in [1.807, 2.05) is 35.2 Å². The molecule has 0 saturated carbocycles. The summed E-state index contributed by atoms with van der Waals surface area (Å²) in [5.74, 6) is 1.25. The zero-order valence-electron chi connectivity index (χ0n) is 20.9. The summed E-state index contributed by atoms with van der Waals surface area (Å²) in [7, 11) is 3.22. The van der Waals surface area contributed by atoms with Crippen molar-refractivity contribution in [2.75, 3.05) is 19.1 Å². The third-order valence-corrected chi connectivity index (χ3v) is 6.84. The van der Waals surface area contributed by atoms with Crippen molar-refractivity contribution in [3.8, 4) is 11.5 Å². The Balaban J connectivity index is 1.75. The molecule has 0 bridgehead atoms. The van der Waals surface area contributed by atoms with Crippen LogP contribution < -0.4 is 14.4 Å². The Bertz CT molecular complexity index is 1230. The Hall–Kier alpha value is -3.53. The number of nitrogens with zero attached hydrogens (tertiary/aromatic N) is 1. The van der Waals surface area contributed by atoms with Gasteiger partial charge in [0.25, 0.3) is 5.91 Å². The third-order valence-electron chi connectivity index (χ3n) is 6.84. The summed E-state index contributed by atoms with van der Waals surface area (Å²) in [4.78, 5) is 15.6. The summed E-state index contributed by atoms with van der Waals surface area (Å²) < 4.78 is 10.7. The van der Waals surface area contributed by atoms with E-state index in [0.717, 1.165) is 17.7 Å². The number of fused-ring (bicyclic) bond motifs is 1. The first kappa shape index (κ1) is 23.6. The molecule has 176 valence electrons. The molecule has 1 atom stereocenters. The molecule has 1 amide bonds. The first-order valence-corrected chi connectivity index (χ1v) is 11.6. The molecular weight excluding hydrogens is 422 g/mol. The molecule has 1 aliphatic heterocycles. The lowest BCUT2D eigenvalue weighted by Gasteiger charge is -2.51. The number of methoxy groups -OCH3 is 2. The predicted molar refractivity (Wildman–Crippen MR) is 139 cm³/mol. The number of rotatable bonds is 5. The van der Waals surface area contributed by atoms with Crippen LogP contribution in [0.3, 0.4) is 0 Å². The van der Waals surface area contributed by atoms with E-state index >= 15 is 0 Å². The maximum absolute atomic E-state index is 13.6. The molecule has 1 heterocycles. The zero-order valence-corrected chi connectivity index (χ0v) is 20.9. The average Bonchev–Trinajstić information content (AvgIpc) is 2.83. The van der Waals surface area contributed by atoms with Crippen LogP contribution in [0.1, 0.15) is 49.4 Å². The highest BCUT2D eigenvalue weighted by molar-refractivity contribution is 6.06. The Morgan fingerprint density at radius 1 is 0.912 bits per heavy atom. The van der Waals surface area contributed by atoms with Crippen molar-refractivity contribution in [2.45, 2.75) is 45.1 Å². The van der Waals surface area contributed by atoms with Crippen molar-refractivity contribution in [3.05, 3.63) is 95.1 Å². The predicted octanol–water partition coefficient (Wildman–Crippen LogP) is 6.55. The van der Waals surface area contributed by atoms with Crippen LogP contribution in [0.2, 0.25) is 0 Å². The highest BCUT2D eigenvalue weighted by atomic mass is 16.5. The third kappa shape index (κ3) is 4.21. The van der Waals surface area contributed by atoms with E-state index in [4.69, 9.17) is 9.47 Å². The molecule has 3 aromatic carbocycles. The topological polar surface area (TPSA) is 38.8 Å². The van der Waals surface area contributed by atoms with Crippen LogP contribution in [0.4, 0.5) is 5.69 Å². The second-order valence-electron chi connectivity index (χ2n) is 9.83. The van der Waals surface area contributed by atoms with Gasteiger partial charge in [0.1, 0.15) is 0 Å². The van der Waals surface area contributed by atoms with E-state index in [9.17, 15) is 4.79 Å². The number of carbonyl (C=O) groups is 1. The SMILES string of the molecule is COc1ccc(/C=C\C(=O)N2c3ccc(C)cc3[C@](C)(c3ccccc3)CC2(C)C)cc1OC. The molecule has 0 aliphatic carbocycles. The van der Waals surface area contributed by atoms with Crippen LogP contribution in [0, 0.1) is 6.92 Å². The smallest absolute Gasteiger partial charge is 0.251 e. The summed E-state index contributed by atoms with van der Waals surface area (Å²) in [5.41, 5.74) is 4.90. The van der Waals surface area contributed by atoms with E-state index < -0.39 is 0 Å². The van der Waals surface area contributed by atoms with Crippen LogP contribution in [-0.2, 0) is 10.2 Å². The lowest BCUT2D eigenvalue weighted by Crippen LogP contribution is -2.55. The number of ether oxygens (including phenoxy) is 2. The Labute approximate surface area is 202 Å². The number of anilines is 1. The molecule has 0 saturated heterocycles. The van der Waals surface area contributed by atoms with Gasteiger partial charge >= 0.3 is 0 Å². The summed E-state index contributed by atoms with van der Waals surface area (Å²) in [6.45, 7) is 8.70. The van der Waals surface area contributed by atoms with Gasteiger partial charge in [-0.15, -0.1) is 0 Å². The van der Waals surface area contributed by atoms with Gasteiger partial charge in [-0.2, -0.15) is 0 Å². The maximum atomic E-state index is 13.6. The first-order valence-electron chi connectivity index (χ1n) is 11.6. The second kappa shape index (κ2) is 9.02. The normalized spacial score (nSPS) is 19.1. The number of hydrogen-bond donors (Lipinski definition) is 0. The molecule has 0 unspecified atom stereocenters. The lowest BCUT2D eigenvalue weighted by atomic mass is 9.65. The highest BCUT2D eigenvalue weighted by Gasteiger charge is 2.47. The van der Waals surface area contributed by atoms with Gasteiger partial charge in [-0.1, -0.05) is 61.0 Å². The minimum Gasteiger partial charge on any atom is -0.493 e. The summed E-state index contributed by atoms with van der Waals surface area (Å²) in [6.07, 6.45) is 4.30. The monoisotopic (exact) mass is 455 g/mol. The maximum Gasteiger partial charge on any atom is 0.251 e. The summed E-state index contributed by atoms with van der Waals surface area (Å²) >= 11 is 0. The Morgan fingerprint density at radius 2 is 1.62 bits per heavy atom. The Kier molecular flexibility index (Phi) is 6.26. The van der Waals surface area contributed by atoms with Crippen molar-refractivity contribution in [2.24, 2.45) is 0 Å². The van der Waals surface area contributed by atoms with Gasteiger partial charge in [0.05, 0.1) is 14.2 Å². The average molecular weight is 456 g/mol. The lowest BCUT2D eigenvalue weighted by molar-refractivity contribution is -0.115. The molecule has 0 aromatic heterocycles. The minimum absolute atomic E-state index is 0.0417. The van der Waals surface area contributed by atoms with Crippen LogP contribution in [0.15, 0.2) is 72.8 Å². The molecule has 3 aromatic rings. The molecule has 4 nitrogen and oxygen atoms in total. The summed E-state index contributed by atoms with van der Waals surface area (Å²) in [5, 5.41) is 0. The molecule has 4 heteroatoms. The van der Waals surface area contributed by atoms with Crippen LogP contribution in [0.5, 0.6) is 11.5 Å². The van der Waals surface area contributed by atoms with Crippen molar-refractivity contribution >= 4 is 17.7 Å². The zero-order chi connectivity index (χ0) is 24.5. The van der Waals surface area contributed by atoms with Gasteiger partial charge < -0.3 is 14.4 Å². The summed E-state index contributed by atoms with van der Waals surface area (Å²) in [6, 6.07) is 22.6. The largest absolute Gasteiger partial charge is 0.493 e. The standard InChI is InChI=1S/C30H33NO3/c1-21-12-15-25-24(18-21)30(4,23-10-8-7-9-11-23)20-29(2,3)31(25)28(32)17-14-22-13-16-26(33-5)27(19-22)34-6/h7-19H,20H2,1-6H3/b17-14-/t30-/m0/s1. The van der Waals surface area contributed by atoms with Gasteiger partial charge in [-0.3, -0.25) is 4.79 Å². The fourth-order valence-electron chi connectivity index (χ4n) is 5.33. The molecule has 0 spiro atoms. The number of benzene rings is 3. The minimum atomic E-state index is -0.383. The van der Waals surface area contributed by atoms with Crippen molar-refractivity contribution in [1.29, 1.82) is 0 Å². The van der Waals surface area contributed by atoms with Crippen molar-refractivity contribution in [1.82, 2.24) is 0 Å². The molecule has 34 heavy (non-hydrogen) atoms. The van der Waals surface area contributed by atoms with Crippen molar-refractivity contribution < 1.29 is 14.3 Å². The van der Waals surface area contributed by atoms with E-state index in [2.05, 4.69) is 70.2 Å². The van der Waals surface area contributed by atoms with Gasteiger partial charge in [-0.25, -0.2) is 0 Å². The fourth-order valence-corrected chi connectivity index (χ4v) is 5.33. The second-order valence-corrected chi connectivity index (χ2v) is 9.83. The van der Waals surface area contributed by atoms with Gasteiger partial charge in [0.15, 0.2) is 11.5 Å². The molecule has 0 fully saturated rings. The molecule has 4 rings (SSSR count). The number of carbonyl (C=O) groups excluding carboxylic acids is 1. The number of aryl methyl sites for hydroxylation is 1. The number of amides is 1. The quantitative estimate of drug-likeness (QED) is 0.410. The van der Waals surface area contributed by atoms with Gasteiger partial charge in [0.2, 0.25) is 0 Å². The van der Waals surface area contributed by atoms with Crippen molar-refractivity contribution in [3.63, 3.8) is 0 Å². The van der Waals surface area contributed by atoms with Crippen LogP contribution >= 0.6 is 0 Å². The Morgan fingerprint density at radius 3 is 2.29 bits per heavy atom. The van der Waals surface area contributed by atoms with E-state index in [1.54, 1.807) is 20.3 Å². The molecule has 0 N–H and O–H groups in total. The van der Waals surface area contributed by atoms with E-state index in [-0.39, 0.29) is 16.9 Å². The van der Waals surface area contributed by atoms with Gasteiger partial charge in [0, 0.05) is 22.7 Å². The van der Waals surface area contributed by atoms with E-state index in [0.29, 0.717) is 11.5 Å². The molecule has 0 radical (unpaired) electrons.